The van der Waals surface area contributed by atoms with E-state index in [0.717, 1.165) is 35.7 Å². The Labute approximate surface area is 159 Å². The molecule has 27 heavy (non-hydrogen) atoms. The van der Waals surface area contributed by atoms with E-state index in [2.05, 4.69) is 26.1 Å². The molecule has 0 saturated carbocycles. The molecule has 7 heteroatoms. The highest BCUT2D eigenvalue weighted by atomic mass is 19.3. The summed E-state index contributed by atoms with van der Waals surface area (Å²) in [6, 6.07) is 10.7. The Morgan fingerprint density at radius 2 is 1.89 bits per heavy atom. The quantitative estimate of drug-likeness (QED) is 0.565. The molecule has 146 valence electrons. The number of pyridine rings is 1. The second-order valence-electron chi connectivity index (χ2n) is 6.17. The van der Waals surface area contributed by atoms with Gasteiger partial charge in [0, 0.05) is 38.6 Å². The van der Waals surface area contributed by atoms with E-state index >= 15 is 0 Å². The molecule has 0 radical (unpaired) electrons. The van der Waals surface area contributed by atoms with Crippen molar-refractivity contribution in [3.63, 3.8) is 0 Å². The Balaban J connectivity index is 1.94. The molecule has 0 saturated heterocycles. The van der Waals surface area contributed by atoms with Gasteiger partial charge in [-0.3, -0.25) is 9.98 Å². The number of alkyl halides is 2. The predicted octanol–water partition coefficient (Wildman–Crippen LogP) is 3.63. The van der Waals surface area contributed by atoms with Crippen LogP contribution in [0.3, 0.4) is 0 Å². The molecule has 0 bridgehead atoms. The van der Waals surface area contributed by atoms with Gasteiger partial charge in [-0.1, -0.05) is 18.2 Å². The van der Waals surface area contributed by atoms with E-state index in [9.17, 15) is 8.78 Å². The fourth-order valence-corrected chi connectivity index (χ4v) is 2.53. The molecule has 0 atom stereocenters. The number of ether oxygens (including phenoxy) is 1. The van der Waals surface area contributed by atoms with Crippen LogP contribution in [0.5, 0.6) is 5.75 Å². The van der Waals surface area contributed by atoms with Gasteiger partial charge in [0.2, 0.25) is 0 Å². The van der Waals surface area contributed by atoms with Crippen LogP contribution in [0.25, 0.3) is 0 Å². The third-order valence-electron chi connectivity index (χ3n) is 3.90. The lowest BCUT2D eigenvalue weighted by Crippen LogP contribution is -2.38. The number of aromatic nitrogens is 1. The van der Waals surface area contributed by atoms with Crippen molar-refractivity contribution in [3.05, 3.63) is 59.4 Å². The van der Waals surface area contributed by atoms with Crippen LogP contribution in [0, 0.1) is 6.92 Å². The van der Waals surface area contributed by atoms with Crippen molar-refractivity contribution in [1.82, 2.24) is 15.2 Å². The van der Waals surface area contributed by atoms with Crippen molar-refractivity contribution in [2.45, 2.75) is 33.4 Å². The fourth-order valence-electron chi connectivity index (χ4n) is 2.53. The molecular formula is C20H26F2N4O. The average Bonchev–Trinajstić information content (AvgIpc) is 2.64. The molecule has 2 aromatic rings. The summed E-state index contributed by atoms with van der Waals surface area (Å²) in [6.07, 6.45) is 2.69. The van der Waals surface area contributed by atoms with Gasteiger partial charge in [-0.25, -0.2) is 0 Å². The van der Waals surface area contributed by atoms with E-state index in [-0.39, 0.29) is 5.75 Å². The first-order valence-corrected chi connectivity index (χ1v) is 8.92. The molecule has 1 aromatic heterocycles. The first-order valence-electron chi connectivity index (χ1n) is 8.92. The summed E-state index contributed by atoms with van der Waals surface area (Å²) in [6.45, 7) is 3.19. The zero-order valence-corrected chi connectivity index (χ0v) is 16.0. The minimum atomic E-state index is -2.81. The number of hydrogen-bond donors (Lipinski definition) is 1. The molecule has 1 N–H and O–H groups in total. The van der Waals surface area contributed by atoms with E-state index in [1.807, 2.05) is 38.1 Å². The van der Waals surface area contributed by atoms with Gasteiger partial charge in [-0.15, -0.1) is 0 Å². The van der Waals surface area contributed by atoms with Crippen LogP contribution in [0.2, 0.25) is 0 Å². The van der Waals surface area contributed by atoms with Gasteiger partial charge in [-0.2, -0.15) is 8.78 Å². The molecule has 1 aromatic carbocycles. The van der Waals surface area contributed by atoms with Gasteiger partial charge < -0.3 is 15.0 Å². The maximum absolute atomic E-state index is 12.2. The highest BCUT2D eigenvalue weighted by Gasteiger charge is 2.08. The molecule has 0 spiro atoms. The van der Waals surface area contributed by atoms with Gasteiger partial charge in [0.1, 0.15) is 5.75 Å². The van der Waals surface area contributed by atoms with E-state index in [1.54, 1.807) is 24.3 Å². The number of aliphatic imine (C=N–C) groups is 1. The molecular weight excluding hydrogens is 350 g/mol. The van der Waals surface area contributed by atoms with Crippen molar-refractivity contribution in [2.24, 2.45) is 4.99 Å². The number of aryl methyl sites for hydroxylation is 1. The molecule has 0 aliphatic carbocycles. The largest absolute Gasteiger partial charge is 0.435 e. The van der Waals surface area contributed by atoms with E-state index in [4.69, 9.17) is 0 Å². The SMILES string of the molecule is CCNC(=NCCc1ccc(C)nc1)N(C)Cc1ccc(OC(F)F)cc1. The Hall–Kier alpha value is -2.70. The summed E-state index contributed by atoms with van der Waals surface area (Å²) >= 11 is 0. The van der Waals surface area contributed by atoms with Crippen LogP contribution in [0.1, 0.15) is 23.7 Å². The lowest BCUT2D eigenvalue weighted by molar-refractivity contribution is -0.0498. The van der Waals surface area contributed by atoms with Gasteiger partial charge in [0.15, 0.2) is 5.96 Å². The third kappa shape index (κ3) is 7.21. The smallest absolute Gasteiger partial charge is 0.387 e. The minimum absolute atomic E-state index is 0.156. The topological polar surface area (TPSA) is 49.8 Å². The number of rotatable bonds is 8. The maximum Gasteiger partial charge on any atom is 0.387 e. The van der Waals surface area contributed by atoms with Gasteiger partial charge in [-0.05, 0) is 49.6 Å². The summed E-state index contributed by atoms with van der Waals surface area (Å²) in [5.74, 6) is 0.953. The maximum atomic E-state index is 12.2. The Bertz CT molecular complexity index is 718. The van der Waals surface area contributed by atoms with Gasteiger partial charge in [0.25, 0.3) is 0 Å². The Morgan fingerprint density at radius 1 is 1.19 bits per heavy atom. The molecule has 2 rings (SSSR count). The van der Waals surface area contributed by atoms with E-state index in [0.29, 0.717) is 13.1 Å². The lowest BCUT2D eigenvalue weighted by Gasteiger charge is -2.22. The molecule has 0 unspecified atom stereocenters. The standard InChI is InChI=1S/C20H26F2N4O/c1-4-23-20(24-12-11-16-6-5-15(2)25-13-16)26(3)14-17-7-9-18(10-8-17)27-19(21)22/h5-10,13,19H,4,11-12,14H2,1-3H3,(H,23,24). The number of nitrogens with one attached hydrogen (secondary N) is 1. The molecule has 0 aliphatic heterocycles. The lowest BCUT2D eigenvalue weighted by atomic mass is 10.2. The molecule has 0 aliphatic rings. The minimum Gasteiger partial charge on any atom is -0.435 e. The first kappa shape index (κ1) is 20.6. The zero-order valence-electron chi connectivity index (χ0n) is 16.0. The Kier molecular flexibility index (Phi) is 7.98. The Morgan fingerprint density at radius 3 is 2.48 bits per heavy atom. The second-order valence-corrected chi connectivity index (χ2v) is 6.17. The summed E-state index contributed by atoms with van der Waals surface area (Å²) in [5, 5.41) is 3.27. The summed E-state index contributed by atoms with van der Waals surface area (Å²) < 4.78 is 28.8. The van der Waals surface area contributed by atoms with E-state index in [1.165, 1.54) is 0 Å². The molecule has 5 nitrogen and oxygen atoms in total. The highest BCUT2D eigenvalue weighted by molar-refractivity contribution is 5.79. The summed E-state index contributed by atoms with van der Waals surface area (Å²) in [7, 11) is 1.94. The van der Waals surface area contributed by atoms with Crippen LogP contribution in [-0.4, -0.2) is 42.6 Å². The normalized spacial score (nSPS) is 11.6. The van der Waals surface area contributed by atoms with Crippen molar-refractivity contribution in [1.29, 1.82) is 0 Å². The van der Waals surface area contributed by atoms with Crippen LogP contribution >= 0.6 is 0 Å². The zero-order chi connectivity index (χ0) is 19.6. The van der Waals surface area contributed by atoms with Crippen molar-refractivity contribution in [2.75, 3.05) is 20.1 Å². The molecule has 0 amide bonds. The van der Waals surface area contributed by atoms with Crippen LogP contribution in [0.15, 0.2) is 47.6 Å². The number of hydrogen-bond acceptors (Lipinski definition) is 3. The monoisotopic (exact) mass is 376 g/mol. The van der Waals surface area contributed by atoms with Crippen molar-refractivity contribution in [3.8, 4) is 5.75 Å². The number of guanidine groups is 1. The number of nitrogens with zero attached hydrogens (tertiary/aromatic N) is 3. The summed E-state index contributed by atoms with van der Waals surface area (Å²) in [4.78, 5) is 11.0. The van der Waals surface area contributed by atoms with Crippen LogP contribution in [-0.2, 0) is 13.0 Å². The fraction of sp³-hybridized carbons (Fsp3) is 0.400. The van der Waals surface area contributed by atoms with Crippen molar-refractivity contribution < 1.29 is 13.5 Å². The van der Waals surface area contributed by atoms with Crippen LogP contribution < -0.4 is 10.1 Å². The predicted molar refractivity (Wildman–Crippen MR) is 103 cm³/mol. The molecule has 1 heterocycles. The second kappa shape index (κ2) is 10.4. The third-order valence-corrected chi connectivity index (χ3v) is 3.90. The first-order chi connectivity index (χ1) is 13.0. The molecule has 0 fully saturated rings. The number of halogens is 2. The van der Waals surface area contributed by atoms with Gasteiger partial charge in [0.05, 0.1) is 0 Å². The van der Waals surface area contributed by atoms with Gasteiger partial charge >= 0.3 is 6.61 Å². The van der Waals surface area contributed by atoms with E-state index < -0.39 is 6.61 Å². The average molecular weight is 376 g/mol. The van der Waals surface area contributed by atoms with Crippen LogP contribution in [0.4, 0.5) is 8.78 Å². The highest BCUT2D eigenvalue weighted by Crippen LogP contribution is 2.15. The van der Waals surface area contributed by atoms with Crippen molar-refractivity contribution >= 4 is 5.96 Å². The number of benzene rings is 1. The summed E-state index contributed by atoms with van der Waals surface area (Å²) in [5.41, 5.74) is 3.13.